The van der Waals surface area contributed by atoms with Crippen LogP contribution in [0.15, 0.2) is 51.7 Å². The van der Waals surface area contributed by atoms with Gasteiger partial charge in [0.15, 0.2) is 5.43 Å². The lowest BCUT2D eigenvalue weighted by molar-refractivity contribution is -0.384. The van der Waals surface area contributed by atoms with E-state index in [-0.39, 0.29) is 33.4 Å². The van der Waals surface area contributed by atoms with E-state index in [1.165, 1.54) is 18.2 Å². The van der Waals surface area contributed by atoms with Crippen molar-refractivity contribution in [3.63, 3.8) is 0 Å². The van der Waals surface area contributed by atoms with Gasteiger partial charge in [-0.15, -0.1) is 0 Å². The molecular formula is C24H24ClN3O5. The Morgan fingerprint density at radius 3 is 2.61 bits per heavy atom. The Labute approximate surface area is 195 Å². The third kappa shape index (κ3) is 4.24. The minimum atomic E-state index is -0.774. The number of carbonyl (C=O) groups excluding carboxylic acids is 1. The van der Waals surface area contributed by atoms with Gasteiger partial charge in [0.25, 0.3) is 11.6 Å². The van der Waals surface area contributed by atoms with Crippen LogP contribution in [0.4, 0.5) is 5.69 Å². The summed E-state index contributed by atoms with van der Waals surface area (Å²) in [5.41, 5.74) is 0.500. The predicted octanol–water partition coefficient (Wildman–Crippen LogP) is 4.63. The minimum Gasteiger partial charge on any atom is -0.450 e. The van der Waals surface area contributed by atoms with Gasteiger partial charge in [0.2, 0.25) is 5.76 Å². The molecule has 172 valence electrons. The maximum atomic E-state index is 13.5. The highest BCUT2D eigenvalue weighted by Gasteiger charge is 2.42. The first-order valence-electron chi connectivity index (χ1n) is 10.9. The molecule has 0 spiro atoms. The van der Waals surface area contributed by atoms with E-state index in [4.69, 9.17) is 16.0 Å². The lowest BCUT2D eigenvalue weighted by Crippen LogP contribution is -2.33. The van der Waals surface area contributed by atoms with Crippen molar-refractivity contribution in [1.82, 2.24) is 9.80 Å². The lowest BCUT2D eigenvalue weighted by atomic mass is 9.98. The second kappa shape index (κ2) is 9.33. The summed E-state index contributed by atoms with van der Waals surface area (Å²) in [4.78, 5) is 41.6. The standard InChI is InChI=1S/C24H24ClN3O5/c1-3-26(4-2)11-6-12-27-21(15-7-5-8-17(13-15)28(31)32)20-22(29)18-14-16(25)9-10-19(18)33-23(20)24(27)30/h5,7-10,13-14,21H,3-4,6,11-12H2,1-2H3. The van der Waals surface area contributed by atoms with Gasteiger partial charge in [0, 0.05) is 23.7 Å². The maximum Gasteiger partial charge on any atom is 0.290 e. The molecule has 2 aromatic carbocycles. The van der Waals surface area contributed by atoms with Crippen molar-refractivity contribution >= 4 is 34.2 Å². The van der Waals surface area contributed by atoms with Crippen molar-refractivity contribution in [3.8, 4) is 0 Å². The molecule has 33 heavy (non-hydrogen) atoms. The number of rotatable bonds is 8. The zero-order valence-electron chi connectivity index (χ0n) is 18.4. The van der Waals surface area contributed by atoms with Crippen LogP contribution in [0.25, 0.3) is 11.0 Å². The quantitative estimate of drug-likeness (QED) is 0.352. The van der Waals surface area contributed by atoms with Crippen molar-refractivity contribution in [3.05, 3.63) is 84.7 Å². The van der Waals surface area contributed by atoms with E-state index in [2.05, 4.69) is 18.7 Å². The summed E-state index contributed by atoms with van der Waals surface area (Å²) in [7, 11) is 0. The van der Waals surface area contributed by atoms with E-state index >= 15 is 0 Å². The first-order valence-corrected chi connectivity index (χ1v) is 11.3. The summed E-state index contributed by atoms with van der Waals surface area (Å²) in [6.45, 7) is 7.10. The first kappa shape index (κ1) is 22.9. The van der Waals surface area contributed by atoms with Crippen molar-refractivity contribution in [2.24, 2.45) is 0 Å². The first-order chi connectivity index (χ1) is 15.8. The van der Waals surface area contributed by atoms with E-state index in [9.17, 15) is 19.7 Å². The highest BCUT2D eigenvalue weighted by molar-refractivity contribution is 6.31. The largest absolute Gasteiger partial charge is 0.450 e. The SMILES string of the molecule is CCN(CC)CCCN1C(=O)c2oc3ccc(Cl)cc3c(=O)c2C1c1cccc([N+](=O)[O-])c1. The van der Waals surface area contributed by atoms with Crippen LogP contribution in [0.2, 0.25) is 5.02 Å². The fourth-order valence-corrected chi connectivity index (χ4v) is 4.55. The molecule has 0 radical (unpaired) electrons. The Hall–Kier alpha value is -3.23. The molecule has 0 bridgehead atoms. The van der Waals surface area contributed by atoms with Crippen LogP contribution >= 0.6 is 11.6 Å². The summed E-state index contributed by atoms with van der Waals surface area (Å²) in [6, 6.07) is 9.95. The second-order valence-electron chi connectivity index (χ2n) is 7.95. The fraction of sp³-hybridized carbons (Fsp3) is 0.333. The van der Waals surface area contributed by atoms with Crippen molar-refractivity contribution in [1.29, 1.82) is 0 Å². The summed E-state index contributed by atoms with van der Waals surface area (Å²) >= 11 is 6.10. The highest BCUT2D eigenvalue weighted by atomic mass is 35.5. The molecule has 1 aromatic heterocycles. The number of hydrogen-bond acceptors (Lipinski definition) is 6. The van der Waals surface area contributed by atoms with Gasteiger partial charge in [-0.3, -0.25) is 19.7 Å². The molecule has 1 unspecified atom stereocenters. The Morgan fingerprint density at radius 1 is 1.15 bits per heavy atom. The Kier molecular flexibility index (Phi) is 6.49. The van der Waals surface area contributed by atoms with Crippen LogP contribution < -0.4 is 5.43 Å². The summed E-state index contributed by atoms with van der Waals surface area (Å²) in [5, 5.41) is 12.0. The Morgan fingerprint density at radius 2 is 1.91 bits per heavy atom. The van der Waals surface area contributed by atoms with E-state index in [1.807, 2.05) is 0 Å². The van der Waals surface area contributed by atoms with Gasteiger partial charge >= 0.3 is 0 Å². The third-order valence-corrected chi connectivity index (χ3v) is 6.33. The number of amides is 1. The molecule has 8 nitrogen and oxygen atoms in total. The van der Waals surface area contributed by atoms with Crippen LogP contribution in [-0.2, 0) is 0 Å². The number of nitro benzene ring substituents is 1. The normalized spacial score (nSPS) is 15.5. The number of nitrogens with zero attached hydrogens (tertiary/aromatic N) is 3. The number of halogens is 1. The summed E-state index contributed by atoms with van der Waals surface area (Å²) < 4.78 is 5.89. The molecule has 1 atom stereocenters. The predicted molar refractivity (Wildman–Crippen MR) is 126 cm³/mol. The smallest absolute Gasteiger partial charge is 0.290 e. The molecule has 1 aliphatic rings. The summed E-state index contributed by atoms with van der Waals surface area (Å²) in [6.07, 6.45) is 0.687. The van der Waals surface area contributed by atoms with Gasteiger partial charge in [0.1, 0.15) is 5.58 Å². The minimum absolute atomic E-state index is 0.0193. The highest BCUT2D eigenvalue weighted by Crippen LogP contribution is 2.39. The number of fused-ring (bicyclic) bond motifs is 2. The molecule has 0 saturated heterocycles. The molecule has 1 amide bonds. The van der Waals surface area contributed by atoms with Crippen molar-refractivity contribution in [2.45, 2.75) is 26.3 Å². The molecule has 3 aromatic rings. The van der Waals surface area contributed by atoms with Crippen LogP contribution in [0.1, 0.15) is 48.0 Å². The number of nitro groups is 1. The topological polar surface area (TPSA) is 96.9 Å². The molecule has 0 N–H and O–H groups in total. The monoisotopic (exact) mass is 469 g/mol. The average Bonchev–Trinajstić information content (AvgIpc) is 3.09. The number of carbonyl (C=O) groups is 1. The molecular weight excluding hydrogens is 446 g/mol. The van der Waals surface area contributed by atoms with Gasteiger partial charge in [-0.1, -0.05) is 37.6 Å². The van der Waals surface area contributed by atoms with Crippen LogP contribution in [0, 0.1) is 10.1 Å². The van der Waals surface area contributed by atoms with Gasteiger partial charge in [-0.2, -0.15) is 0 Å². The van der Waals surface area contributed by atoms with Crippen LogP contribution in [0.5, 0.6) is 0 Å². The molecule has 4 rings (SSSR count). The Balaban J connectivity index is 1.84. The molecule has 1 aliphatic heterocycles. The number of non-ortho nitro benzene ring substituents is 1. The van der Waals surface area contributed by atoms with E-state index < -0.39 is 16.9 Å². The Bertz CT molecular complexity index is 1280. The van der Waals surface area contributed by atoms with Crippen LogP contribution in [0.3, 0.4) is 0 Å². The maximum absolute atomic E-state index is 13.5. The van der Waals surface area contributed by atoms with E-state index in [0.29, 0.717) is 23.6 Å². The molecule has 0 aliphatic carbocycles. The van der Waals surface area contributed by atoms with Gasteiger partial charge in [0.05, 0.1) is 21.9 Å². The average molecular weight is 470 g/mol. The van der Waals surface area contributed by atoms with E-state index in [1.54, 1.807) is 29.2 Å². The van der Waals surface area contributed by atoms with Gasteiger partial charge in [-0.25, -0.2) is 0 Å². The molecule has 9 heteroatoms. The number of hydrogen-bond donors (Lipinski definition) is 0. The second-order valence-corrected chi connectivity index (χ2v) is 8.38. The van der Waals surface area contributed by atoms with Crippen molar-refractivity contribution < 1.29 is 14.1 Å². The van der Waals surface area contributed by atoms with Gasteiger partial charge < -0.3 is 14.2 Å². The van der Waals surface area contributed by atoms with Crippen LogP contribution in [-0.4, -0.2) is 46.8 Å². The number of benzene rings is 2. The lowest BCUT2D eigenvalue weighted by Gasteiger charge is -2.26. The van der Waals surface area contributed by atoms with E-state index in [0.717, 1.165) is 19.6 Å². The summed E-state index contributed by atoms with van der Waals surface area (Å²) in [5.74, 6) is -0.413. The fourth-order valence-electron chi connectivity index (χ4n) is 4.38. The van der Waals surface area contributed by atoms with Gasteiger partial charge in [-0.05, 0) is 49.8 Å². The molecule has 0 fully saturated rings. The molecule has 0 saturated carbocycles. The zero-order chi connectivity index (χ0) is 23.7. The van der Waals surface area contributed by atoms with Crippen molar-refractivity contribution in [2.75, 3.05) is 26.2 Å². The molecule has 2 heterocycles. The zero-order valence-corrected chi connectivity index (χ0v) is 19.2. The third-order valence-electron chi connectivity index (χ3n) is 6.09.